The summed E-state index contributed by atoms with van der Waals surface area (Å²) < 4.78 is 13.3. The number of hydrogen-bond acceptors (Lipinski definition) is 3. The minimum Gasteiger partial charge on any atom is -0.352 e. The van der Waals surface area contributed by atoms with E-state index in [2.05, 4.69) is 10.2 Å². The van der Waals surface area contributed by atoms with Gasteiger partial charge in [-0.25, -0.2) is 4.39 Å². The second kappa shape index (κ2) is 6.12. The molecule has 0 spiro atoms. The van der Waals surface area contributed by atoms with Gasteiger partial charge in [-0.05, 0) is 24.1 Å². The quantitative estimate of drug-likeness (QED) is 0.855. The van der Waals surface area contributed by atoms with Crippen LogP contribution in [0.15, 0.2) is 24.3 Å². The number of rotatable bonds is 4. The van der Waals surface area contributed by atoms with Crippen molar-refractivity contribution in [2.24, 2.45) is 5.73 Å². The number of nitrogens with zero attached hydrogens (tertiary/aromatic N) is 1. The molecule has 4 nitrogen and oxygen atoms in total. The van der Waals surface area contributed by atoms with E-state index < -0.39 is 0 Å². The van der Waals surface area contributed by atoms with E-state index >= 15 is 0 Å². The fraction of sp³-hybridized carbons (Fsp3) is 0.500. The van der Waals surface area contributed by atoms with E-state index in [4.69, 9.17) is 5.73 Å². The zero-order chi connectivity index (χ0) is 13.8. The molecule has 1 aromatic rings. The molecule has 1 aliphatic heterocycles. The molecule has 0 aromatic heterocycles. The molecule has 1 aliphatic rings. The third kappa shape index (κ3) is 3.52. The van der Waals surface area contributed by atoms with Crippen LogP contribution >= 0.6 is 0 Å². The number of carbonyl (C=O) groups excluding carboxylic acids is 1. The Hall–Kier alpha value is -1.46. The fourth-order valence-electron chi connectivity index (χ4n) is 2.69. The van der Waals surface area contributed by atoms with Crippen LogP contribution in [0.2, 0.25) is 0 Å². The van der Waals surface area contributed by atoms with E-state index in [-0.39, 0.29) is 23.8 Å². The summed E-state index contributed by atoms with van der Waals surface area (Å²) in [6, 6.07) is 6.74. The summed E-state index contributed by atoms with van der Waals surface area (Å²) in [6.45, 7) is 3.59. The molecule has 0 aliphatic carbocycles. The molecule has 0 bridgehead atoms. The largest absolute Gasteiger partial charge is 0.352 e. The number of carbonyl (C=O) groups is 1. The molecule has 19 heavy (non-hydrogen) atoms. The second-order valence-electron chi connectivity index (χ2n) is 4.99. The van der Waals surface area contributed by atoms with Crippen LogP contribution < -0.4 is 11.1 Å². The van der Waals surface area contributed by atoms with Crippen molar-refractivity contribution < 1.29 is 9.18 Å². The van der Waals surface area contributed by atoms with Gasteiger partial charge < -0.3 is 11.1 Å². The fourth-order valence-corrected chi connectivity index (χ4v) is 2.69. The molecule has 104 valence electrons. The highest BCUT2D eigenvalue weighted by atomic mass is 19.1. The van der Waals surface area contributed by atoms with Crippen molar-refractivity contribution in [3.8, 4) is 0 Å². The van der Waals surface area contributed by atoms with Crippen LogP contribution in [0.1, 0.15) is 24.9 Å². The molecule has 0 radical (unpaired) electrons. The molecule has 2 atom stereocenters. The van der Waals surface area contributed by atoms with Crippen molar-refractivity contribution in [2.75, 3.05) is 19.6 Å². The number of nitrogens with one attached hydrogen (secondary N) is 1. The number of likely N-dealkylation sites (tertiary alicyclic amines) is 1. The van der Waals surface area contributed by atoms with Crippen LogP contribution in [-0.2, 0) is 4.79 Å². The van der Waals surface area contributed by atoms with Crippen LogP contribution in [0.5, 0.6) is 0 Å². The zero-order valence-electron chi connectivity index (χ0n) is 11.1. The van der Waals surface area contributed by atoms with Crippen LogP contribution in [0.25, 0.3) is 0 Å². The highest BCUT2D eigenvalue weighted by Crippen LogP contribution is 2.24. The predicted molar refractivity (Wildman–Crippen MR) is 72.0 cm³/mol. The van der Waals surface area contributed by atoms with Gasteiger partial charge in [-0.1, -0.05) is 12.1 Å². The molecule has 0 saturated carbocycles. The Kier molecular flexibility index (Phi) is 4.50. The molecule has 2 unspecified atom stereocenters. The third-order valence-electron chi connectivity index (χ3n) is 3.52. The summed E-state index contributed by atoms with van der Waals surface area (Å²) in [5, 5.41) is 2.92. The molecule has 1 aromatic carbocycles. The van der Waals surface area contributed by atoms with Crippen molar-refractivity contribution in [2.45, 2.75) is 25.4 Å². The summed E-state index contributed by atoms with van der Waals surface area (Å²) >= 11 is 0. The maximum atomic E-state index is 13.3. The average molecular weight is 265 g/mol. The topological polar surface area (TPSA) is 58.4 Å². The minimum atomic E-state index is -0.242. The van der Waals surface area contributed by atoms with Crippen molar-refractivity contribution >= 4 is 5.91 Å². The van der Waals surface area contributed by atoms with Gasteiger partial charge in [0.05, 0.1) is 0 Å². The molecule has 2 rings (SSSR count). The normalized spacial score (nSPS) is 21.3. The Bertz CT molecular complexity index is 452. The Morgan fingerprint density at radius 2 is 2.42 bits per heavy atom. The van der Waals surface area contributed by atoms with Crippen LogP contribution in [-0.4, -0.2) is 36.5 Å². The lowest BCUT2D eigenvalue weighted by Crippen LogP contribution is -2.38. The van der Waals surface area contributed by atoms with Gasteiger partial charge in [-0.3, -0.25) is 9.69 Å². The summed E-state index contributed by atoms with van der Waals surface area (Å²) in [6.07, 6.45) is 0.908. The summed E-state index contributed by atoms with van der Waals surface area (Å²) in [5.74, 6) is -0.254. The SMILES string of the molecule is CC(=O)NC1CCN(C(CN)c2cccc(F)c2)C1. The molecular formula is C14H20FN3O. The van der Waals surface area contributed by atoms with E-state index in [1.54, 1.807) is 6.07 Å². The van der Waals surface area contributed by atoms with Gasteiger partial charge in [0.1, 0.15) is 5.82 Å². The minimum absolute atomic E-state index is 0.00876. The lowest BCUT2D eigenvalue weighted by atomic mass is 10.1. The molecular weight excluding hydrogens is 245 g/mol. The van der Waals surface area contributed by atoms with Crippen LogP contribution in [0.3, 0.4) is 0 Å². The first-order chi connectivity index (χ1) is 9.10. The first kappa shape index (κ1) is 14.0. The third-order valence-corrected chi connectivity index (χ3v) is 3.52. The van der Waals surface area contributed by atoms with Gasteiger partial charge in [0.25, 0.3) is 0 Å². The maximum absolute atomic E-state index is 13.3. The van der Waals surface area contributed by atoms with Crippen molar-refractivity contribution in [3.05, 3.63) is 35.6 Å². The Balaban J connectivity index is 2.05. The van der Waals surface area contributed by atoms with E-state index in [9.17, 15) is 9.18 Å². The number of benzene rings is 1. The molecule has 1 amide bonds. The van der Waals surface area contributed by atoms with Gasteiger partial charge in [0, 0.05) is 38.6 Å². The predicted octanol–water partition coefficient (Wildman–Crippen LogP) is 1.04. The number of hydrogen-bond donors (Lipinski definition) is 2. The summed E-state index contributed by atoms with van der Waals surface area (Å²) in [4.78, 5) is 13.3. The Morgan fingerprint density at radius 3 is 3.05 bits per heavy atom. The van der Waals surface area contributed by atoms with Gasteiger partial charge in [0.15, 0.2) is 0 Å². The van der Waals surface area contributed by atoms with Crippen LogP contribution in [0.4, 0.5) is 4.39 Å². The number of nitrogens with two attached hydrogens (primary N) is 1. The molecule has 1 saturated heterocycles. The number of amides is 1. The van der Waals surface area contributed by atoms with Gasteiger partial charge >= 0.3 is 0 Å². The van der Waals surface area contributed by atoms with E-state index in [1.165, 1.54) is 19.1 Å². The molecule has 1 fully saturated rings. The first-order valence-corrected chi connectivity index (χ1v) is 6.57. The van der Waals surface area contributed by atoms with Gasteiger partial charge in [-0.2, -0.15) is 0 Å². The molecule has 3 N–H and O–H groups in total. The molecule has 5 heteroatoms. The highest BCUT2D eigenvalue weighted by Gasteiger charge is 2.28. The lowest BCUT2D eigenvalue weighted by molar-refractivity contribution is -0.119. The van der Waals surface area contributed by atoms with E-state index in [1.807, 2.05) is 6.07 Å². The van der Waals surface area contributed by atoms with Crippen molar-refractivity contribution in [1.82, 2.24) is 10.2 Å². The van der Waals surface area contributed by atoms with Crippen LogP contribution in [0, 0.1) is 5.82 Å². The highest BCUT2D eigenvalue weighted by molar-refractivity contribution is 5.73. The standard InChI is InChI=1S/C14H20FN3O/c1-10(19)17-13-5-6-18(9-13)14(8-16)11-3-2-4-12(15)7-11/h2-4,7,13-14H,5-6,8-9,16H2,1H3,(H,17,19). The van der Waals surface area contributed by atoms with Crippen molar-refractivity contribution in [3.63, 3.8) is 0 Å². The Labute approximate surface area is 112 Å². The second-order valence-corrected chi connectivity index (χ2v) is 4.99. The van der Waals surface area contributed by atoms with Crippen molar-refractivity contribution in [1.29, 1.82) is 0 Å². The smallest absolute Gasteiger partial charge is 0.217 e. The van der Waals surface area contributed by atoms with E-state index in [0.29, 0.717) is 6.54 Å². The monoisotopic (exact) mass is 265 g/mol. The van der Waals surface area contributed by atoms with E-state index in [0.717, 1.165) is 25.1 Å². The zero-order valence-corrected chi connectivity index (χ0v) is 11.1. The number of halogens is 1. The van der Waals surface area contributed by atoms with Gasteiger partial charge in [0.2, 0.25) is 5.91 Å². The Morgan fingerprint density at radius 1 is 1.63 bits per heavy atom. The summed E-state index contributed by atoms with van der Waals surface area (Å²) in [5.41, 5.74) is 6.72. The summed E-state index contributed by atoms with van der Waals surface area (Å²) in [7, 11) is 0. The average Bonchev–Trinajstić information content (AvgIpc) is 2.77. The lowest BCUT2D eigenvalue weighted by Gasteiger charge is -2.27. The van der Waals surface area contributed by atoms with Gasteiger partial charge in [-0.15, -0.1) is 0 Å². The first-order valence-electron chi connectivity index (χ1n) is 6.57. The maximum Gasteiger partial charge on any atom is 0.217 e. The molecule has 1 heterocycles.